The minimum Gasteiger partial charge on any atom is -0.486 e. The molecule has 140 valence electrons. The van der Waals surface area contributed by atoms with Crippen LogP contribution in [0.4, 0.5) is 0 Å². The van der Waals surface area contributed by atoms with Crippen molar-refractivity contribution >= 4 is 5.91 Å². The number of ether oxygens (including phenoxy) is 2. The summed E-state index contributed by atoms with van der Waals surface area (Å²) in [6.45, 7) is 9.73. The van der Waals surface area contributed by atoms with Crippen molar-refractivity contribution in [3.05, 3.63) is 53.5 Å². The average molecular weight is 357 g/mol. The third-order valence-corrected chi connectivity index (χ3v) is 4.51. The number of furan rings is 1. The van der Waals surface area contributed by atoms with E-state index in [0.717, 1.165) is 5.75 Å². The molecule has 1 aromatic carbocycles. The molecule has 1 fully saturated rings. The molecule has 3 rings (SSSR count). The molecule has 1 aliphatic heterocycles. The van der Waals surface area contributed by atoms with Gasteiger partial charge in [-0.05, 0) is 49.6 Å². The predicted molar refractivity (Wildman–Crippen MR) is 99.5 cm³/mol. The molecule has 5 nitrogen and oxygen atoms in total. The van der Waals surface area contributed by atoms with E-state index in [-0.39, 0.29) is 18.1 Å². The summed E-state index contributed by atoms with van der Waals surface area (Å²) in [5, 5.41) is 0. The lowest BCUT2D eigenvalue weighted by atomic mass is 10.0. The third kappa shape index (κ3) is 4.47. The molecule has 1 aromatic heterocycles. The molecular formula is C21H27NO4. The monoisotopic (exact) mass is 357 g/mol. The summed E-state index contributed by atoms with van der Waals surface area (Å²) in [6.07, 6.45) is 0.0727. The molecule has 1 amide bonds. The SMILES string of the molecule is CC(C)c1ccc(OCc2ccc(C(=O)N3C[C@H](C)O[C@@H](C)C3)o2)cc1. The van der Waals surface area contributed by atoms with E-state index in [1.54, 1.807) is 17.0 Å². The lowest BCUT2D eigenvalue weighted by molar-refractivity contribution is -0.0592. The molecule has 0 spiro atoms. The molecular weight excluding hydrogens is 330 g/mol. The van der Waals surface area contributed by atoms with Gasteiger partial charge in [-0.15, -0.1) is 0 Å². The Kier molecular flexibility index (Phi) is 5.67. The summed E-state index contributed by atoms with van der Waals surface area (Å²) in [6, 6.07) is 11.6. The second kappa shape index (κ2) is 7.96. The molecule has 26 heavy (non-hydrogen) atoms. The molecule has 2 heterocycles. The fraction of sp³-hybridized carbons (Fsp3) is 0.476. The molecule has 0 N–H and O–H groups in total. The number of rotatable bonds is 5. The minimum absolute atomic E-state index is 0.0364. The number of morpholine rings is 1. The summed E-state index contributed by atoms with van der Waals surface area (Å²) >= 11 is 0. The summed E-state index contributed by atoms with van der Waals surface area (Å²) < 4.78 is 17.1. The van der Waals surface area contributed by atoms with E-state index in [4.69, 9.17) is 13.9 Å². The van der Waals surface area contributed by atoms with Gasteiger partial charge in [0.25, 0.3) is 5.91 Å². The fourth-order valence-corrected chi connectivity index (χ4v) is 3.17. The zero-order valence-corrected chi connectivity index (χ0v) is 15.9. The molecule has 0 unspecified atom stereocenters. The molecule has 2 atom stereocenters. The number of hydrogen-bond donors (Lipinski definition) is 0. The highest BCUT2D eigenvalue weighted by molar-refractivity contribution is 5.91. The van der Waals surface area contributed by atoms with E-state index in [1.807, 2.05) is 26.0 Å². The number of amides is 1. The molecule has 0 aliphatic carbocycles. The van der Waals surface area contributed by atoms with Gasteiger partial charge in [0.1, 0.15) is 18.1 Å². The Morgan fingerprint density at radius 2 is 1.77 bits per heavy atom. The minimum atomic E-state index is -0.0977. The van der Waals surface area contributed by atoms with Gasteiger partial charge in [-0.2, -0.15) is 0 Å². The standard InChI is InChI=1S/C21H27NO4/c1-14(2)17-5-7-18(8-6-17)24-13-19-9-10-20(26-19)21(23)22-11-15(3)25-16(4)12-22/h5-10,14-16H,11-13H2,1-4H3/t15-,16-/m0/s1. The lowest BCUT2D eigenvalue weighted by Gasteiger charge is -2.34. The fourth-order valence-electron chi connectivity index (χ4n) is 3.17. The van der Waals surface area contributed by atoms with Crippen molar-refractivity contribution < 1.29 is 18.7 Å². The molecule has 0 bridgehead atoms. The van der Waals surface area contributed by atoms with Crippen molar-refractivity contribution in [2.24, 2.45) is 0 Å². The van der Waals surface area contributed by atoms with Crippen LogP contribution in [-0.4, -0.2) is 36.1 Å². The third-order valence-electron chi connectivity index (χ3n) is 4.51. The van der Waals surface area contributed by atoms with Gasteiger partial charge in [-0.3, -0.25) is 4.79 Å². The van der Waals surface area contributed by atoms with Crippen molar-refractivity contribution in [2.45, 2.75) is 52.4 Å². The first-order chi connectivity index (χ1) is 12.4. The number of benzene rings is 1. The topological polar surface area (TPSA) is 51.9 Å². The molecule has 2 aromatic rings. The number of carbonyl (C=O) groups excluding carboxylic acids is 1. The van der Waals surface area contributed by atoms with Gasteiger partial charge in [0.15, 0.2) is 5.76 Å². The highest BCUT2D eigenvalue weighted by Crippen LogP contribution is 2.21. The van der Waals surface area contributed by atoms with Crippen LogP contribution in [0.2, 0.25) is 0 Å². The molecule has 0 radical (unpaired) electrons. The van der Waals surface area contributed by atoms with Gasteiger partial charge in [-0.1, -0.05) is 26.0 Å². The second-order valence-electron chi connectivity index (χ2n) is 7.25. The first-order valence-corrected chi connectivity index (χ1v) is 9.18. The highest BCUT2D eigenvalue weighted by atomic mass is 16.5. The van der Waals surface area contributed by atoms with Crippen LogP contribution in [-0.2, 0) is 11.3 Å². The Hall–Kier alpha value is -2.27. The smallest absolute Gasteiger partial charge is 0.289 e. The van der Waals surface area contributed by atoms with E-state index in [0.29, 0.717) is 37.1 Å². The summed E-state index contributed by atoms with van der Waals surface area (Å²) in [5.41, 5.74) is 1.28. The molecule has 1 saturated heterocycles. The van der Waals surface area contributed by atoms with Gasteiger partial charge >= 0.3 is 0 Å². The maximum Gasteiger partial charge on any atom is 0.289 e. The normalized spacial score (nSPS) is 20.4. The van der Waals surface area contributed by atoms with E-state index < -0.39 is 0 Å². The van der Waals surface area contributed by atoms with Crippen molar-refractivity contribution in [2.75, 3.05) is 13.1 Å². The Morgan fingerprint density at radius 3 is 2.38 bits per heavy atom. The van der Waals surface area contributed by atoms with Gasteiger partial charge in [0.2, 0.25) is 0 Å². The number of nitrogens with zero attached hydrogens (tertiary/aromatic N) is 1. The average Bonchev–Trinajstić information content (AvgIpc) is 3.07. The zero-order chi connectivity index (χ0) is 18.7. The largest absolute Gasteiger partial charge is 0.486 e. The molecule has 1 aliphatic rings. The van der Waals surface area contributed by atoms with Crippen molar-refractivity contribution in [1.82, 2.24) is 4.90 Å². The van der Waals surface area contributed by atoms with Crippen LogP contribution < -0.4 is 4.74 Å². The van der Waals surface area contributed by atoms with Crippen LogP contribution >= 0.6 is 0 Å². The summed E-state index contributed by atoms with van der Waals surface area (Å²) in [5.74, 6) is 2.16. The van der Waals surface area contributed by atoms with Crippen LogP contribution in [0.5, 0.6) is 5.75 Å². The first-order valence-electron chi connectivity index (χ1n) is 9.18. The van der Waals surface area contributed by atoms with Crippen LogP contribution in [0.1, 0.15) is 55.5 Å². The zero-order valence-electron chi connectivity index (χ0n) is 15.9. The van der Waals surface area contributed by atoms with Crippen molar-refractivity contribution in [3.8, 4) is 5.75 Å². The van der Waals surface area contributed by atoms with Gasteiger partial charge < -0.3 is 18.8 Å². The van der Waals surface area contributed by atoms with E-state index in [1.165, 1.54) is 5.56 Å². The predicted octanol–water partition coefficient (Wildman–Crippen LogP) is 4.23. The van der Waals surface area contributed by atoms with Crippen LogP contribution in [0.25, 0.3) is 0 Å². The number of hydrogen-bond acceptors (Lipinski definition) is 4. The quantitative estimate of drug-likeness (QED) is 0.803. The van der Waals surface area contributed by atoms with Crippen LogP contribution in [0.15, 0.2) is 40.8 Å². The first kappa shape index (κ1) is 18.5. The van der Waals surface area contributed by atoms with Gasteiger partial charge in [0.05, 0.1) is 12.2 Å². The van der Waals surface area contributed by atoms with Crippen molar-refractivity contribution in [1.29, 1.82) is 0 Å². The van der Waals surface area contributed by atoms with E-state index in [9.17, 15) is 4.79 Å². The Balaban J connectivity index is 1.58. The summed E-state index contributed by atoms with van der Waals surface area (Å²) in [4.78, 5) is 14.4. The Labute approximate surface area is 154 Å². The summed E-state index contributed by atoms with van der Waals surface area (Å²) in [7, 11) is 0. The Morgan fingerprint density at radius 1 is 1.12 bits per heavy atom. The van der Waals surface area contributed by atoms with Gasteiger partial charge in [0, 0.05) is 13.1 Å². The van der Waals surface area contributed by atoms with Crippen LogP contribution in [0, 0.1) is 0 Å². The highest BCUT2D eigenvalue weighted by Gasteiger charge is 2.28. The maximum atomic E-state index is 12.6. The van der Waals surface area contributed by atoms with Crippen molar-refractivity contribution in [3.63, 3.8) is 0 Å². The lowest BCUT2D eigenvalue weighted by Crippen LogP contribution is -2.48. The maximum absolute atomic E-state index is 12.6. The molecule has 5 heteroatoms. The van der Waals surface area contributed by atoms with Gasteiger partial charge in [-0.25, -0.2) is 0 Å². The van der Waals surface area contributed by atoms with E-state index in [2.05, 4.69) is 26.0 Å². The Bertz CT molecular complexity index is 725. The van der Waals surface area contributed by atoms with E-state index >= 15 is 0 Å². The molecule has 0 saturated carbocycles. The number of carbonyl (C=O) groups is 1. The second-order valence-corrected chi connectivity index (χ2v) is 7.25. The van der Waals surface area contributed by atoms with Crippen LogP contribution in [0.3, 0.4) is 0 Å².